The number of ether oxygens (including phenoxy) is 3. The molecule has 2 aromatic heterocycles. The topological polar surface area (TPSA) is 153 Å². The zero-order valence-electron chi connectivity index (χ0n) is 18.1. The van der Waals surface area contributed by atoms with Crippen LogP contribution in [0, 0.1) is 0 Å². The van der Waals surface area contributed by atoms with Gasteiger partial charge < -0.3 is 24.5 Å². The Bertz CT molecular complexity index is 1430. The molecule has 12 heteroatoms. The number of sulfonamides is 1. The second kappa shape index (κ2) is 8.98. The summed E-state index contributed by atoms with van der Waals surface area (Å²) in [5, 5.41) is 10.6. The van der Waals surface area contributed by atoms with Gasteiger partial charge in [0.05, 0.1) is 19.6 Å². The Kier molecular flexibility index (Phi) is 6.26. The minimum atomic E-state index is -4.04. The van der Waals surface area contributed by atoms with Crippen molar-refractivity contribution in [3.8, 4) is 33.7 Å². The molecule has 10 nitrogen and oxygen atoms in total. The summed E-state index contributed by atoms with van der Waals surface area (Å²) >= 11 is 1.32. The van der Waals surface area contributed by atoms with Crippen molar-refractivity contribution in [3.05, 3.63) is 40.9 Å². The number of nitrogens with zero attached hydrogens (tertiary/aromatic N) is 2. The van der Waals surface area contributed by atoms with Crippen molar-refractivity contribution in [1.82, 2.24) is 10.1 Å². The third kappa shape index (κ3) is 4.37. The summed E-state index contributed by atoms with van der Waals surface area (Å²) < 4.78 is 46.8. The number of hydrogen-bond acceptors (Lipinski definition) is 10. The van der Waals surface area contributed by atoms with Gasteiger partial charge in [-0.3, -0.25) is 0 Å². The van der Waals surface area contributed by atoms with Gasteiger partial charge in [-0.15, -0.1) is 0 Å². The zero-order valence-corrected chi connectivity index (χ0v) is 19.7. The predicted molar refractivity (Wildman–Crippen MR) is 123 cm³/mol. The number of fused-ring (bicyclic) bond motifs is 1. The van der Waals surface area contributed by atoms with E-state index in [9.17, 15) is 8.42 Å². The van der Waals surface area contributed by atoms with Crippen LogP contribution in [0.4, 0.5) is 0 Å². The Hall–Kier alpha value is -3.19. The maximum Gasteiger partial charge on any atom is 0.279 e. The minimum Gasteiger partial charge on any atom is -0.495 e. The summed E-state index contributed by atoms with van der Waals surface area (Å²) in [7, 11) is -1.16. The number of hydrogen-bond donors (Lipinski definition) is 2. The predicted octanol–water partition coefficient (Wildman–Crippen LogP) is 3.43. The molecule has 4 rings (SSSR count). The van der Waals surface area contributed by atoms with E-state index in [1.807, 2.05) is 6.92 Å². The molecule has 0 aliphatic rings. The highest BCUT2D eigenvalue weighted by Crippen LogP contribution is 2.43. The van der Waals surface area contributed by atoms with Crippen LogP contribution >= 0.6 is 11.3 Å². The molecule has 0 spiro atoms. The normalized spacial score (nSPS) is 11.7. The number of nitrogens with two attached hydrogens (primary N) is 2. The monoisotopic (exact) mass is 490 g/mol. The lowest BCUT2D eigenvalue weighted by molar-refractivity contribution is 0.378. The SMILES string of the molecule is CCc1cc(-c2noc3cc(Oc4ncc(CN)s4)c(OC)cc23)c(OC)c(S(N)(=O)=O)c1. The standard InChI is InChI=1S/C21H22N4O6S2/c1-4-11-5-14(20(29-3)18(6-11)33(23,26)27)19-13-7-16(28-2)17(8-15(13)31-25-19)30-21-24-10-12(9-22)32-21/h5-8,10H,4,9,22H2,1-3H3,(H2,23,26,27). The number of thiazole rings is 1. The van der Waals surface area contributed by atoms with E-state index >= 15 is 0 Å². The Morgan fingerprint density at radius 1 is 1.12 bits per heavy atom. The van der Waals surface area contributed by atoms with Crippen LogP contribution in [0.15, 0.2) is 39.9 Å². The van der Waals surface area contributed by atoms with E-state index in [1.54, 1.807) is 24.4 Å². The maximum atomic E-state index is 12.2. The van der Waals surface area contributed by atoms with Crippen LogP contribution in [0.3, 0.4) is 0 Å². The van der Waals surface area contributed by atoms with E-state index in [0.717, 1.165) is 10.4 Å². The van der Waals surface area contributed by atoms with Gasteiger partial charge in [0, 0.05) is 29.2 Å². The van der Waals surface area contributed by atoms with Crippen molar-refractivity contribution >= 4 is 32.3 Å². The second-order valence-electron chi connectivity index (χ2n) is 7.00. The Morgan fingerprint density at radius 2 is 1.91 bits per heavy atom. The van der Waals surface area contributed by atoms with Crippen LogP contribution < -0.4 is 25.1 Å². The molecule has 33 heavy (non-hydrogen) atoms. The van der Waals surface area contributed by atoms with Crippen LogP contribution in [-0.2, 0) is 23.0 Å². The first-order valence-corrected chi connectivity index (χ1v) is 12.2. The minimum absolute atomic E-state index is 0.0845. The first-order valence-electron chi connectivity index (χ1n) is 9.83. The number of aromatic nitrogens is 2. The van der Waals surface area contributed by atoms with Crippen LogP contribution in [-0.4, -0.2) is 32.8 Å². The Morgan fingerprint density at radius 3 is 2.52 bits per heavy atom. The van der Waals surface area contributed by atoms with Gasteiger partial charge in [-0.05, 0) is 30.2 Å². The summed E-state index contributed by atoms with van der Waals surface area (Å²) in [4.78, 5) is 4.95. The van der Waals surface area contributed by atoms with Crippen LogP contribution in [0.5, 0.6) is 22.4 Å². The smallest absolute Gasteiger partial charge is 0.279 e. The van der Waals surface area contributed by atoms with E-state index in [4.69, 9.17) is 29.6 Å². The summed E-state index contributed by atoms with van der Waals surface area (Å²) in [6.45, 7) is 2.27. The summed E-state index contributed by atoms with van der Waals surface area (Å²) in [6.07, 6.45) is 2.23. The van der Waals surface area contributed by atoms with Gasteiger partial charge in [-0.2, -0.15) is 0 Å². The lowest BCUT2D eigenvalue weighted by Crippen LogP contribution is -2.14. The largest absolute Gasteiger partial charge is 0.495 e. The van der Waals surface area contributed by atoms with Crippen molar-refractivity contribution in [2.24, 2.45) is 10.9 Å². The fourth-order valence-electron chi connectivity index (χ4n) is 3.37. The molecule has 2 aromatic carbocycles. The highest BCUT2D eigenvalue weighted by molar-refractivity contribution is 7.89. The molecule has 0 atom stereocenters. The molecule has 4 N–H and O–H groups in total. The third-order valence-corrected chi connectivity index (χ3v) is 6.79. The average molecular weight is 491 g/mol. The van der Waals surface area contributed by atoms with Crippen molar-refractivity contribution in [2.45, 2.75) is 24.8 Å². The van der Waals surface area contributed by atoms with E-state index in [-0.39, 0.29) is 10.6 Å². The van der Waals surface area contributed by atoms with Gasteiger partial charge in [0.2, 0.25) is 10.0 Å². The molecule has 0 aliphatic carbocycles. The molecule has 0 saturated heterocycles. The number of methoxy groups -OCH3 is 2. The number of rotatable bonds is 8. The Balaban J connectivity index is 1.88. The van der Waals surface area contributed by atoms with Crippen LogP contribution in [0.2, 0.25) is 0 Å². The van der Waals surface area contributed by atoms with Crippen molar-refractivity contribution in [2.75, 3.05) is 14.2 Å². The number of primary sulfonamides is 1. The van der Waals surface area contributed by atoms with Crippen LogP contribution in [0.25, 0.3) is 22.2 Å². The highest BCUT2D eigenvalue weighted by Gasteiger charge is 2.25. The maximum absolute atomic E-state index is 12.2. The first-order chi connectivity index (χ1) is 15.8. The third-order valence-electron chi connectivity index (χ3n) is 4.98. The fourth-order valence-corrected chi connectivity index (χ4v) is 4.78. The van der Waals surface area contributed by atoms with E-state index in [1.165, 1.54) is 31.6 Å². The van der Waals surface area contributed by atoms with E-state index in [0.29, 0.717) is 51.9 Å². The summed E-state index contributed by atoms with van der Waals surface area (Å²) in [5.74, 6) is 0.875. The molecule has 4 aromatic rings. The van der Waals surface area contributed by atoms with E-state index < -0.39 is 10.0 Å². The van der Waals surface area contributed by atoms with Gasteiger partial charge in [-0.25, -0.2) is 18.5 Å². The molecule has 0 radical (unpaired) electrons. The van der Waals surface area contributed by atoms with Gasteiger partial charge >= 0.3 is 0 Å². The highest BCUT2D eigenvalue weighted by atomic mass is 32.2. The number of aryl methyl sites for hydroxylation is 1. The molecule has 0 saturated carbocycles. The van der Waals surface area contributed by atoms with Gasteiger partial charge in [-0.1, -0.05) is 23.4 Å². The molecule has 174 valence electrons. The molecule has 0 fully saturated rings. The zero-order chi connectivity index (χ0) is 23.8. The lowest BCUT2D eigenvalue weighted by Gasteiger charge is -2.13. The molecule has 2 heterocycles. The van der Waals surface area contributed by atoms with E-state index in [2.05, 4.69) is 10.1 Å². The average Bonchev–Trinajstić information content (AvgIpc) is 3.43. The molecule has 0 bridgehead atoms. The lowest BCUT2D eigenvalue weighted by atomic mass is 10.0. The van der Waals surface area contributed by atoms with Gasteiger partial charge in [0.1, 0.15) is 16.3 Å². The summed E-state index contributed by atoms with van der Waals surface area (Å²) in [6, 6.07) is 6.62. The molecule has 0 unspecified atom stereocenters. The molecule has 0 amide bonds. The molecular weight excluding hydrogens is 468 g/mol. The fraction of sp³-hybridized carbons (Fsp3) is 0.238. The summed E-state index contributed by atoms with van der Waals surface area (Å²) in [5.41, 5.74) is 7.60. The molecular formula is C21H22N4O6S2. The Labute approximate surface area is 194 Å². The van der Waals surface area contributed by atoms with Gasteiger partial charge in [0.25, 0.3) is 5.19 Å². The van der Waals surface area contributed by atoms with Crippen molar-refractivity contribution in [1.29, 1.82) is 0 Å². The molecule has 0 aliphatic heterocycles. The van der Waals surface area contributed by atoms with Crippen LogP contribution in [0.1, 0.15) is 17.4 Å². The van der Waals surface area contributed by atoms with Crippen molar-refractivity contribution in [3.63, 3.8) is 0 Å². The van der Waals surface area contributed by atoms with Gasteiger partial charge in [0.15, 0.2) is 17.1 Å². The first kappa shape index (κ1) is 23.0. The second-order valence-corrected chi connectivity index (χ2v) is 9.61. The number of benzene rings is 2. The quantitative estimate of drug-likeness (QED) is 0.378. The van der Waals surface area contributed by atoms with Crippen molar-refractivity contribution < 1.29 is 27.2 Å².